The normalized spacial score (nSPS) is 12.0. The topological polar surface area (TPSA) is 67.0 Å². The predicted molar refractivity (Wildman–Crippen MR) is 84.5 cm³/mol. The number of aromatic nitrogens is 2. The van der Waals surface area contributed by atoms with Crippen molar-refractivity contribution in [2.75, 3.05) is 11.9 Å². The standard InChI is InChI=1S/C14H15Cl2N3O2/c1-2-9(21-12-6-4-3-5-10(12)15)7-17-11-8-18-19-14(20)13(11)16/h3-6,8-9H,2,7H2,1H3,(H2,17,19,20). The average molecular weight is 328 g/mol. The van der Waals surface area contributed by atoms with E-state index in [2.05, 4.69) is 15.5 Å². The molecule has 0 amide bonds. The summed E-state index contributed by atoms with van der Waals surface area (Å²) in [6, 6.07) is 7.29. The Morgan fingerprint density at radius 2 is 2.14 bits per heavy atom. The highest BCUT2D eigenvalue weighted by Crippen LogP contribution is 2.25. The fourth-order valence-electron chi connectivity index (χ4n) is 1.72. The van der Waals surface area contributed by atoms with Crippen molar-refractivity contribution in [3.05, 3.63) is 50.9 Å². The number of rotatable bonds is 6. The molecule has 0 fully saturated rings. The molecule has 0 aliphatic rings. The van der Waals surface area contributed by atoms with Gasteiger partial charge in [0.2, 0.25) is 0 Å². The maximum atomic E-state index is 11.4. The zero-order valence-electron chi connectivity index (χ0n) is 11.4. The Bertz CT molecular complexity index is 661. The lowest BCUT2D eigenvalue weighted by molar-refractivity contribution is 0.210. The van der Waals surface area contributed by atoms with Gasteiger partial charge in [-0.1, -0.05) is 42.3 Å². The Labute approximate surface area is 132 Å². The average Bonchev–Trinajstić information content (AvgIpc) is 2.49. The number of ether oxygens (including phenoxy) is 1. The molecule has 0 spiro atoms. The van der Waals surface area contributed by atoms with Gasteiger partial charge in [0.1, 0.15) is 16.9 Å². The molecule has 0 aliphatic carbocycles. The molecule has 0 radical (unpaired) electrons. The third-order valence-electron chi connectivity index (χ3n) is 2.90. The first-order chi connectivity index (χ1) is 10.1. The van der Waals surface area contributed by atoms with Crippen molar-refractivity contribution in [3.63, 3.8) is 0 Å². The van der Waals surface area contributed by atoms with Crippen LogP contribution in [0.15, 0.2) is 35.3 Å². The molecule has 0 bridgehead atoms. The van der Waals surface area contributed by atoms with Crippen molar-refractivity contribution >= 4 is 28.9 Å². The third kappa shape index (κ3) is 4.12. The van der Waals surface area contributed by atoms with Crippen molar-refractivity contribution in [1.82, 2.24) is 10.2 Å². The number of halogens is 2. The van der Waals surface area contributed by atoms with E-state index in [-0.39, 0.29) is 11.1 Å². The van der Waals surface area contributed by atoms with E-state index >= 15 is 0 Å². The lowest BCUT2D eigenvalue weighted by atomic mass is 10.2. The van der Waals surface area contributed by atoms with Gasteiger partial charge in [0.15, 0.2) is 0 Å². The molecular formula is C14H15Cl2N3O2. The molecule has 5 nitrogen and oxygen atoms in total. The van der Waals surface area contributed by atoms with Crippen molar-refractivity contribution in [2.24, 2.45) is 0 Å². The second-order valence-corrected chi connectivity index (χ2v) is 5.17. The van der Waals surface area contributed by atoms with Gasteiger partial charge in [0, 0.05) is 0 Å². The second-order valence-electron chi connectivity index (χ2n) is 4.39. The Morgan fingerprint density at radius 1 is 1.38 bits per heavy atom. The van der Waals surface area contributed by atoms with Gasteiger partial charge in [0.05, 0.1) is 23.5 Å². The Balaban J connectivity index is 2.02. The quantitative estimate of drug-likeness (QED) is 0.853. The Hall–Kier alpha value is -1.72. The second kappa shape index (κ2) is 7.33. The van der Waals surface area contributed by atoms with Crippen LogP contribution in [0.1, 0.15) is 13.3 Å². The zero-order chi connectivity index (χ0) is 15.2. The molecule has 1 unspecified atom stereocenters. The molecule has 1 aromatic heterocycles. The zero-order valence-corrected chi connectivity index (χ0v) is 12.9. The monoisotopic (exact) mass is 327 g/mol. The van der Waals surface area contributed by atoms with E-state index in [9.17, 15) is 4.79 Å². The lowest BCUT2D eigenvalue weighted by Gasteiger charge is -2.19. The highest BCUT2D eigenvalue weighted by molar-refractivity contribution is 6.33. The van der Waals surface area contributed by atoms with Gasteiger partial charge in [-0.05, 0) is 18.6 Å². The van der Waals surface area contributed by atoms with Crippen LogP contribution in [-0.4, -0.2) is 22.8 Å². The van der Waals surface area contributed by atoms with Crippen molar-refractivity contribution in [3.8, 4) is 5.75 Å². The van der Waals surface area contributed by atoms with Crippen LogP contribution in [0.5, 0.6) is 5.75 Å². The summed E-state index contributed by atoms with van der Waals surface area (Å²) < 4.78 is 5.84. The van der Waals surface area contributed by atoms with Gasteiger partial charge in [-0.2, -0.15) is 5.10 Å². The number of para-hydroxylation sites is 1. The molecular weight excluding hydrogens is 313 g/mol. The molecule has 2 rings (SSSR count). The molecule has 2 aromatic rings. The SMILES string of the molecule is CCC(CNc1cn[nH]c(=O)c1Cl)Oc1ccccc1Cl. The first-order valence-electron chi connectivity index (χ1n) is 6.50. The summed E-state index contributed by atoms with van der Waals surface area (Å²) in [7, 11) is 0. The van der Waals surface area contributed by atoms with E-state index in [1.165, 1.54) is 6.20 Å². The molecule has 21 heavy (non-hydrogen) atoms. The number of nitrogens with one attached hydrogen (secondary N) is 2. The molecule has 0 saturated heterocycles. The summed E-state index contributed by atoms with van der Waals surface area (Å²) in [6.07, 6.45) is 2.12. The first-order valence-corrected chi connectivity index (χ1v) is 7.25. The van der Waals surface area contributed by atoms with Crippen molar-refractivity contribution < 1.29 is 4.74 Å². The number of benzene rings is 1. The third-order valence-corrected chi connectivity index (χ3v) is 3.59. The van der Waals surface area contributed by atoms with E-state index in [4.69, 9.17) is 27.9 Å². The molecule has 112 valence electrons. The van der Waals surface area contributed by atoms with Gasteiger partial charge in [0.25, 0.3) is 5.56 Å². The number of hydrogen-bond donors (Lipinski definition) is 2. The highest BCUT2D eigenvalue weighted by atomic mass is 35.5. The maximum absolute atomic E-state index is 11.4. The minimum absolute atomic E-state index is 0.0811. The van der Waals surface area contributed by atoms with E-state index in [0.717, 1.165) is 6.42 Å². The van der Waals surface area contributed by atoms with Gasteiger partial charge >= 0.3 is 0 Å². The summed E-state index contributed by atoms with van der Waals surface area (Å²) in [5.74, 6) is 0.628. The number of nitrogens with zero attached hydrogens (tertiary/aromatic N) is 1. The van der Waals surface area contributed by atoms with Crippen LogP contribution in [-0.2, 0) is 0 Å². The smallest absolute Gasteiger partial charge is 0.285 e. The fourth-order valence-corrected chi connectivity index (χ4v) is 2.06. The van der Waals surface area contributed by atoms with E-state index < -0.39 is 5.56 Å². The summed E-state index contributed by atoms with van der Waals surface area (Å²) in [6.45, 7) is 2.48. The minimum atomic E-state index is -0.429. The van der Waals surface area contributed by atoms with E-state index in [1.54, 1.807) is 6.07 Å². The molecule has 1 aromatic carbocycles. The first kappa shape index (κ1) is 15.7. The minimum Gasteiger partial charge on any atom is -0.487 e. The highest BCUT2D eigenvalue weighted by Gasteiger charge is 2.12. The Morgan fingerprint density at radius 3 is 2.86 bits per heavy atom. The van der Waals surface area contributed by atoms with Crippen LogP contribution in [0, 0.1) is 0 Å². The maximum Gasteiger partial charge on any atom is 0.285 e. The lowest BCUT2D eigenvalue weighted by Crippen LogP contribution is -2.26. The van der Waals surface area contributed by atoms with Gasteiger partial charge in [-0.15, -0.1) is 0 Å². The van der Waals surface area contributed by atoms with Crippen LogP contribution in [0.4, 0.5) is 5.69 Å². The number of H-pyrrole nitrogens is 1. The van der Waals surface area contributed by atoms with Gasteiger partial charge in [-0.25, -0.2) is 5.10 Å². The van der Waals surface area contributed by atoms with Gasteiger partial charge in [-0.3, -0.25) is 4.79 Å². The van der Waals surface area contributed by atoms with Crippen LogP contribution in [0.3, 0.4) is 0 Å². The molecule has 0 aliphatic heterocycles. The number of anilines is 1. The van der Waals surface area contributed by atoms with Crippen LogP contribution in [0.2, 0.25) is 10.0 Å². The van der Waals surface area contributed by atoms with Crippen LogP contribution in [0.25, 0.3) is 0 Å². The van der Waals surface area contributed by atoms with Crippen molar-refractivity contribution in [1.29, 1.82) is 0 Å². The summed E-state index contributed by atoms with van der Waals surface area (Å²) in [4.78, 5) is 11.4. The molecule has 2 N–H and O–H groups in total. The van der Waals surface area contributed by atoms with E-state index in [1.807, 2.05) is 25.1 Å². The molecule has 1 atom stereocenters. The van der Waals surface area contributed by atoms with Crippen molar-refractivity contribution in [2.45, 2.75) is 19.4 Å². The predicted octanol–water partition coefficient (Wildman–Crippen LogP) is 3.35. The summed E-state index contributed by atoms with van der Waals surface area (Å²) in [5.41, 5.74) is 0.0448. The van der Waals surface area contributed by atoms with E-state index in [0.29, 0.717) is 23.0 Å². The largest absolute Gasteiger partial charge is 0.487 e. The van der Waals surface area contributed by atoms with Gasteiger partial charge < -0.3 is 10.1 Å². The number of hydrogen-bond acceptors (Lipinski definition) is 4. The fraction of sp³-hybridized carbons (Fsp3) is 0.286. The Kier molecular flexibility index (Phi) is 5.47. The van der Waals surface area contributed by atoms with Crippen LogP contribution < -0.4 is 15.6 Å². The summed E-state index contributed by atoms with van der Waals surface area (Å²) >= 11 is 12.0. The molecule has 7 heteroatoms. The summed E-state index contributed by atoms with van der Waals surface area (Å²) in [5, 5.41) is 9.67. The molecule has 1 heterocycles. The molecule has 0 saturated carbocycles. The van der Waals surface area contributed by atoms with Crippen LogP contribution >= 0.6 is 23.2 Å². The number of aromatic amines is 1.